The molecule has 0 bridgehead atoms. The van der Waals surface area contributed by atoms with Crippen molar-refractivity contribution >= 4 is 26.9 Å². The average Bonchev–Trinajstić information content (AvgIpc) is 3.23. The van der Waals surface area contributed by atoms with Crippen LogP contribution in [0.2, 0.25) is 0 Å². The highest BCUT2D eigenvalue weighted by Gasteiger charge is 2.22. The third-order valence-corrected chi connectivity index (χ3v) is 7.07. The maximum atomic E-state index is 13.0. The van der Waals surface area contributed by atoms with Crippen LogP contribution in [0.15, 0.2) is 59.9 Å². The minimum Gasteiger partial charge on any atom is -0.368 e. The maximum Gasteiger partial charge on any atom is 0.241 e. The molecule has 4 rings (SSSR count). The Morgan fingerprint density at radius 3 is 2.29 bits per heavy atom. The van der Waals surface area contributed by atoms with Crippen molar-refractivity contribution in [3.05, 3.63) is 71.7 Å². The first-order valence-electron chi connectivity index (χ1n) is 11.3. The smallest absolute Gasteiger partial charge is 0.241 e. The summed E-state index contributed by atoms with van der Waals surface area (Å²) in [5.41, 5.74) is 4.09. The van der Waals surface area contributed by atoms with Gasteiger partial charge in [0.05, 0.1) is 22.2 Å². The van der Waals surface area contributed by atoms with Crippen molar-refractivity contribution in [2.75, 3.05) is 11.9 Å². The van der Waals surface area contributed by atoms with E-state index in [9.17, 15) is 8.42 Å². The number of rotatable bonds is 7. The minimum absolute atomic E-state index is 0.337. The molecule has 34 heavy (non-hydrogen) atoms. The number of para-hydroxylation sites is 1. The summed E-state index contributed by atoms with van der Waals surface area (Å²) in [5, 5.41) is 8.44. The van der Waals surface area contributed by atoms with Gasteiger partial charge >= 0.3 is 0 Å². The quantitative estimate of drug-likeness (QED) is 0.402. The van der Waals surface area contributed by atoms with Crippen LogP contribution in [0.4, 0.5) is 5.82 Å². The number of aryl methyl sites for hydroxylation is 3. The molecule has 0 fully saturated rings. The van der Waals surface area contributed by atoms with Crippen molar-refractivity contribution < 1.29 is 8.42 Å². The molecule has 0 spiro atoms. The Hall–Kier alpha value is -3.30. The van der Waals surface area contributed by atoms with Crippen molar-refractivity contribution in [3.63, 3.8) is 0 Å². The highest BCUT2D eigenvalue weighted by atomic mass is 32.2. The second-order valence-corrected chi connectivity index (χ2v) is 9.63. The summed E-state index contributed by atoms with van der Waals surface area (Å²) in [5.74, 6) is 0.603. The van der Waals surface area contributed by atoms with Gasteiger partial charge < -0.3 is 5.32 Å². The summed E-state index contributed by atoms with van der Waals surface area (Å²) in [6.45, 7) is 11.8. The minimum atomic E-state index is -3.66. The zero-order valence-electron chi connectivity index (χ0n) is 20.5. The van der Waals surface area contributed by atoms with Crippen LogP contribution < -0.4 is 10.0 Å². The van der Waals surface area contributed by atoms with Gasteiger partial charge in [0.1, 0.15) is 12.1 Å². The molecule has 2 aromatic carbocycles. The number of nitrogens with zero attached hydrogens (tertiary/aromatic N) is 4. The first-order chi connectivity index (χ1) is 16.3. The lowest BCUT2D eigenvalue weighted by Gasteiger charge is -2.18. The topological polar surface area (TPSA) is 102 Å². The number of aromatic nitrogens is 4. The van der Waals surface area contributed by atoms with E-state index in [0.29, 0.717) is 22.9 Å². The lowest BCUT2D eigenvalue weighted by Crippen LogP contribution is -2.38. The van der Waals surface area contributed by atoms with Crippen LogP contribution in [0.5, 0.6) is 0 Å². The molecule has 2 aromatic heterocycles. The van der Waals surface area contributed by atoms with E-state index in [1.807, 2.05) is 84.0 Å². The van der Waals surface area contributed by atoms with E-state index in [-0.39, 0.29) is 6.04 Å². The van der Waals surface area contributed by atoms with Crippen LogP contribution in [0.25, 0.3) is 16.7 Å². The summed E-state index contributed by atoms with van der Waals surface area (Å²) >= 11 is 0. The number of nitrogens with one attached hydrogen (secondary N) is 2. The predicted molar refractivity (Wildman–Crippen MR) is 137 cm³/mol. The van der Waals surface area contributed by atoms with Gasteiger partial charge in [0.2, 0.25) is 10.0 Å². The molecule has 1 atom stereocenters. The molecule has 4 aromatic rings. The van der Waals surface area contributed by atoms with Gasteiger partial charge in [0.25, 0.3) is 0 Å². The van der Waals surface area contributed by atoms with Gasteiger partial charge in [-0.2, -0.15) is 5.10 Å². The van der Waals surface area contributed by atoms with Crippen molar-refractivity contribution in [2.24, 2.45) is 0 Å². The van der Waals surface area contributed by atoms with Crippen molar-refractivity contribution in [2.45, 2.75) is 52.5 Å². The fourth-order valence-corrected chi connectivity index (χ4v) is 5.65. The van der Waals surface area contributed by atoms with Crippen LogP contribution in [0.1, 0.15) is 37.5 Å². The molecule has 180 valence electrons. The molecule has 0 amide bonds. The second-order valence-electron chi connectivity index (χ2n) is 7.98. The Labute approximate surface area is 201 Å². The Kier molecular flexibility index (Phi) is 8.01. The van der Waals surface area contributed by atoms with Crippen LogP contribution >= 0.6 is 0 Å². The van der Waals surface area contributed by atoms with Gasteiger partial charge in [-0.1, -0.05) is 49.7 Å². The molecule has 2 N–H and O–H groups in total. The summed E-state index contributed by atoms with van der Waals surface area (Å²) in [4.78, 5) is 9.03. The van der Waals surface area contributed by atoms with Crippen molar-refractivity contribution in [3.8, 4) is 5.69 Å². The first-order valence-corrected chi connectivity index (χ1v) is 12.8. The summed E-state index contributed by atoms with van der Waals surface area (Å²) in [6, 6.07) is 13.1. The number of anilines is 1. The normalized spacial score (nSPS) is 12.2. The van der Waals surface area contributed by atoms with E-state index in [0.717, 1.165) is 27.8 Å². The Bertz CT molecular complexity index is 1340. The fourth-order valence-electron chi connectivity index (χ4n) is 3.95. The van der Waals surface area contributed by atoms with E-state index in [2.05, 4.69) is 25.1 Å². The standard InChI is InChI=1S/C23H26N6O2S.C2H6/c1-15-10-16(2)21(17(3)11-15)32(30,31)28-18(4)12-24-22-20-13-27-29(23(20)26-14-25-22)19-8-6-5-7-9-19;1-2/h5-11,13-14,18,28H,12H2,1-4H3,(H,24,25,26);1-2H3. The van der Waals surface area contributed by atoms with Gasteiger partial charge in [0.15, 0.2) is 5.65 Å². The highest BCUT2D eigenvalue weighted by molar-refractivity contribution is 7.89. The van der Waals surface area contributed by atoms with Crippen LogP contribution in [-0.4, -0.2) is 40.8 Å². The number of benzene rings is 2. The molecule has 0 aliphatic rings. The molecular formula is C25H32N6O2S. The van der Waals surface area contributed by atoms with Gasteiger partial charge in [-0.3, -0.25) is 0 Å². The summed E-state index contributed by atoms with van der Waals surface area (Å²) < 4.78 is 30.5. The monoisotopic (exact) mass is 480 g/mol. The van der Waals surface area contributed by atoms with Crippen LogP contribution in [-0.2, 0) is 10.0 Å². The van der Waals surface area contributed by atoms with E-state index in [1.54, 1.807) is 10.9 Å². The molecule has 2 heterocycles. The van der Waals surface area contributed by atoms with E-state index < -0.39 is 10.0 Å². The van der Waals surface area contributed by atoms with E-state index >= 15 is 0 Å². The van der Waals surface area contributed by atoms with Gasteiger partial charge in [0, 0.05) is 12.6 Å². The SMILES string of the molecule is CC.Cc1cc(C)c(S(=O)(=O)NC(C)CNc2ncnc3c2cnn3-c2ccccc2)c(C)c1. The Morgan fingerprint density at radius 2 is 1.65 bits per heavy atom. The van der Waals surface area contributed by atoms with Gasteiger partial charge in [-0.05, 0) is 51.0 Å². The van der Waals surface area contributed by atoms with Crippen LogP contribution in [0, 0.1) is 20.8 Å². The molecule has 0 saturated carbocycles. The average molecular weight is 481 g/mol. The summed E-state index contributed by atoms with van der Waals surface area (Å²) in [6.07, 6.45) is 3.18. The molecule has 0 radical (unpaired) electrons. The molecule has 0 saturated heterocycles. The van der Waals surface area contributed by atoms with Crippen LogP contribution in [0.3, 0.4) is 0 Å². The Morgan fingerprint density at radius 1 is 1.00 bits per heavy atom. The zero-order chi connectivity index (χ0) is 24.9. The lowest BCUT2D eigenvalue weighted by atomic mass is 10.1. The fraction of sp³-hybridized carbons (Fsp3) is 0.320. The van der Waals surface area contributed by atoms with Crippen molar-refractivity contribution in [1.82, 2.24) is 24.5 Å². The molecule has 0 aliphatic heterocycles. The molecule has 0 aliphatic carbocycles. The molecular weight excluding hydrogens is 448 g/mol. The Balaban J connectivity index is 0.00000158. The van der Waals surface area contributed by atoms with E-state index in [1.165, 1.54) is 6.33 Å². The van der Waals surface area contributed by atoms with E-state index in [4.69, 9.17) is 0 Å². The third kappa shape index (κ3) is 5.43. The highest BCUT2D eigenvalue weighted by Crippen LogP contribution is 2.23. The van der Waals surface area contributed by atoms with Gasteiger partial charge in [-0.15, -0.1) is 0 Å². The number of fused-ring (bicyclic) bond motifs is 1. The second kappa shape index (κ2) is 10.8. The number of hydrogen-bond acceptors (Lipinski definition) is 6. The summed E-state index contributed by atoms with van der Waals surface area (Å²) in [7, 11) is -3.66. The number of hydrogen-bond donors (Lipinski definition) is 2. The largest absolute Gasteiger partial charge is 0.368 e. The predicted octanol–water partition coefficient (Wildman–Crippen LogP) is 4.55. The maximum absolute atomic E-state index is 13.0. The molecule has 9 heteroatoms. The van der Waals surface area contributed by atoms with Crippen molar-refractivity contribution in [1.29, 1.82) is 0 Å². The molecule has 1 unspecified atom stereocenters. The zero-order valence-corrected chi connectivity index (χ0v) is 21.3. The molecule has 8 nitrogen and oxygen atoms in total. The first kappa shape index (κ1) is 25.3. The number of sulfonamides is 1. The third-order valence-electron chi connectivity index (χ3n) is 5.17. The lowest BCUT2D eigenvalue weighted by molar-refractivity contribution is 0.564. The van der Waals surface area contributed by atoms with Gasteiger partial charge in [-0.25, -0.2) is 27.8 Å².